The van der Waals surface area contributed by atoms with E-state index in [-0.39, 0.29) is 11.2 Å². The molecule has 0 fully saturated rings. The molecule has 0 aliphatic heterocycles. The molecule has 1 aromatic carbocycles. The van der Waals surface area contributed by atoms with Gasteiger partial charge in [0.05, 0.1) is 0 Å². The molecule has 1 aliphatic carbocycles. The van der Waals surface area contributed by atoms with Crippen LogP contribution in [0.2, 0.25) is 0 Å². The molecule has 0 atom stereocenters. The Hall–Kier alpha value is -1.50. The van der Waals surface area contributed by atoms with Crippen molar-refractivity contribution in [3.63, 3.8) is 0 Å². The first-order valence-corrected chi connectivity index (χ1v) is 8.17. The molecule has 1 aliphatic rings. The molecule has 3 nitrogen and oxygen atoms in total. The van der Waals surface area contributed by atoms with Crippen molar-refractivity contribution in [1.29, 1.82) is 0 Å². The molecule has 0 N–H and O–H groups in total. The summed E-state index contributed by atoms with van der Waals surface area (Å²) in [5.41, 5.74) is -3.67. The summed E-state index contributed by atoms with van der Waals surface area (Å²) in [6, 6.07) is 4.44. The predicted molar refractivity (Wildman–Crippen MR) is 77.8 cm³/mol. The molecule has 0 amide bonds. The minimum atomic E-state index is -5.68. The first kappa shape index (κ1) is 16.9. The van der Waals surface area contributed by atoms with Crippen molar-refractivity contribution in [3.05, 3.63) is 35.4 Å². The zero-order valence-corrected chi connectivity index (χ0v) is 13.3. The van der Waals surface area contributed by atoms with Gasteiger partial charge >= 0.3 is 15.6 Å². The summed E-state index contributed by atoms with van der Waals surface area (Å²) in [5.74, 6) is -0.288. The van der Waals surface area contributed by atoms with Crippen LogP contribution in [0.15, 0.2) is 24.3 Å². The lowest BCUT2D eigenvalue weighted by Crippen LogP contribution is -2.28. The summed E-state index contributed by atoms with van der Waals surface area (Å²) in [4.78, 5) is 0. The average molecular weight is 334 g/mol. The number of rotatable bonds is 3. The van der Waals surface area contributed by atoms with Gasteiger partial charge in [-0.3, -0.25) is 0 Å². The Bertz CT molecular complexity index is 716. The summed E-state index contributed by atoms with van der Waals surface area (Å²) in [6.07, 6.45) is 3.56. The molecule has 0 radical (unpaired) electrons. The Balaban J connectivity index is 2.51. The first-order valence-electron chi connectivity index (χ1n) is 6.76. The first-order chi connectivity index (χ1) is 9.94. The van der Waals surface area contributed by atoms with Crippen molar-refractivity contribution in [2.75, 3.05) is 0 Å². The van der Waals surface area contributed by atoms with Gasteiger partial charge in [-0.05, 0) is 42.9 Å². The summed E-state index contributed by atoms with van der Waals surface area (Å²) in [5, 5.41) is 0. The van der Waals surface area contributed by atoms with Crippen LogP contribution in [0.5, 0.6) is 5.75 Å². The van der Waals surface area contributed by atoms with Crippen molar-refractivity contribution < 1.29 is 25.8 Å². The van der Waals surface area contributed by atoms with Gasteiger partial charge in [-0.15, -0.1) is 0 Å². The molecule has 0 spiro atoms. The van der Waals surface area contributed by atoms with E-state index >= 15 is 0 Å². The standard InChI is InChI=1S/C15H17F3O3S/c1-10-6-7-13(21-22(19,20)15(16,17)18)11(9-10)12-5-4-8-14(12,2)3/h5-7,9H,4,8H2,1-3H3. The third kappa shape index (κ3) is 3.14. The van der Waals surface area contributed by atoms with E-state index in [2.05, 4.69) is 4.18 Å². The quantitative estimate of drug-likeness (QED) is 0.607. The Morgan fingerprint density at radius 3 is 2.36 bits per heavy atom. The van der Waals surface area contributed by atoms with Crippen LogP contribution < -0.4 is 4.18 Å². The molecule has 2 rings (SSSR count). The van der Waals surface area contributed by atoms with Crippen molar-refractivity contribution >= 4 is 15.7 Å². The Labute approximate surface area is 127 Å². The van der Waals surface area contributed by atoms with Crippen molar-refractivity contribution in [3.8, 4) is 5.75 Å². The maximum Gasteiger partial charge on any atom is 0.534 e. The van der Waals surface area contributed by atoms with E-state index in [0.29, 0.717) is 5.56 Å². The van der Waals surface area contributed by atoms with Crippen molar-refractivity contribution in [2.45, 2.75) is 39.1 Å². The number of benzene rings is 1. The average Bonchev–Trinajstić information content (AvgIpc) is 2.69. The van der Waals surface area contributed by atoms with Crippen LogP contribution >= 0.6 is 0 Å². The van der Waals surface area contributed by atoms with E-state index in [1.165, 1.54) is 12.1 Å². The summed E-state index contributed by atoms with van der Waals surface area (Å²) >= 11 is 0. The molecular weight excluding hydrogens is 317 g/mol. The normalized spacial score (nSPS) is 18.2. The van der Waals surface area contributed by atoms with Crippen LogP contribution in [-0.2, 0) is 10.1 Å². The highest BCUT2D eigenvalue weighted by atomic mass is 32.2. The van der Waals surface area contributed by atoms with Gasteiger partial charge in [-0.1, -0.05) is 31.6 Å². The molecular formula is C15H17F3O3S. The fourth-order valence-corrected chi connectivity index (χ4v) is 3.03. The minimum Gasteiger partial charge on any atom is -0.375 e. The second kappa shape index (κ2) is 5.30. The number of alkyl halides is 3. The molecule has 7 heteroatoms. The molecule has 122 valence electrons. The smallest absolute Gasteiger partial charge is 0.375 e. The van der Waals surface area contributed by atoms with Gasteiger partial charge in [0.1, 0.15) is 5.75 Å². The Kier molecular flexibility index (Phi) is 4.06. The van der Waals surface area contributed by atoms with Crippen LogP contribution in [0.25, 0.3) is 5.57 Å². The zero-order valence-electron chi connectivity index (χ0n) is 12.5. The molecule has 0 heterocycles. The third-order valence-corrected chi connectivity index (χ3v) is 4.72. The van der Waals surface area contributed by atoms with E-state index < -0.39 is 15.6 Å². The van der Waals surface area contributed by atoms with Gasteiger partial charge in [0.25, 0.3) is 0 Å². The number of hydrogen-bond donors (Lipinski definition) is 0. The van der Waals surface area contributed by atoms with Crippen molar-refractivity contribution in [1.82, 2.24) is 0 Å². The van der Waals surface area contributed by atoms with Gasteiger partial charge in [-0.2, -0.15) is 21.6 Å². The fraction of sp³-hybridized carbons (Fsp3) is 0.467. The minimum absolute atomic E-state index is 0.242. The van der Waals surface area contributed by atoms with Gasteiger partial charge in [0.15, 0.2) is 0 Å². The topological polar surface area (TPSA) is 43.4 Å². The molecule has 0 saturated heterocycles. The SMILES string of the molecule is Cc1ccc(OS(=O)(=O)C(F)(F)F)c(C2=CCCC2(C)C)c1. The van der Waals surface area contributed by atoms with E-state index in [1.54, 1.807) is 13.0 Å². The highest BCUT2D eigenvalue weighted by Gasteiger charge is 2.49. The predicted octanol–water partition coefficient (Wildman–Crippen LogP) is 4.43. The number of hydrogen-bond acceptors (Lipinski definition) is 3. The zero-order chi connectivity index (χ0) is 16.8. The molecule has 0 unspecified atom stereocenters. The number of halogens is 3. The third-order valence-electron chi connectivity index (χ3n) is 3.76. The molecule has 0 bridgehead atoms. The maximum absolute atomic E-state index is 12.5. The van der Waals surface area contributed by atoms with E-state index in [4.69, 9.17) is 0 Å². The van der Waals surface area contributed by atoms with Crippen LogP contribution in [0.3, 0.4) is 0 Å². The van der Waals surface area contributed by atoms with Gasteiger partial charge in [0.2, 0.25) is 0 Å². The van der Waals surface area contributed by atoms with Gasteiger partial charge in [-0.25, -0.2) is 0 Å². The molecule has 0 aromatic heterocycles. The lowest BCUT2D eigenvalue weighted by Gasteiger charge is -2.24. The highest BCUT2D eigenvalue weighted by molar-refractivity contribution is 7.88. The second-order valence-corrected chi connectivity index (χ2v) is 7.56. The van der Waals surface area contributed by atoms with Crippen molar-refractivity contribution in [2.24, 2.45) is 5.41 Å². The van der Waals surface area contributed by atoms with E-state index in [1.807, 2.05) is 19.9 Å². The Morgan fingerprint density at radius 1 is 1.23 bits per heavy atom. The van der Waals surface area contributed by atoms with Gasteiger partial charge in [0, 0.05) is 5.56 Å². The molecule has 0 saturated carbocycles. The maximum atomic E-state index is 12.5. The summed E-state index contributed by atoms with van der Waals surface area (Å²) < 4.78 is 64.5. The monoisotopic (exact) mass is 334 g/mol. The lowest BCUT2D eigenvalue weighted by molar-refractivity contribution is -0.0500. The molecule has 22 heavy (non-hydrogen) atoms. The second-order valence-electron chi connectivity index (χ2n) is 6.02. The molecule has 1 aromatic rings. The van der Waals surface area contributed by atoms with Crippen LogP contribution in [-0.4, -0.2) is 13.9 Å². The highest BCUT2D eigenvalue weighted by Crippen LogP contribution is 2.47. The lowest BCUT2D eigenvalue weighted by atomic mass is 9.81. The number of aryl methyl sites for hydroxylation is 1. The fourth-order valence-electron chi connectivity index (χ4n) is 2.56. The van der Waals surface area contributed by atoms with Crippen LogP contribution in [0.4, 0.5) is 13.2 Å². The van der Waals surface area contributed by atoms with E-state index in [9.17, 15) is 21.6 Å². The Morgan fingerprint density at radius 2 is 1.86 bits per heavy atom. The van der Waals surface area contributed by atoms with Gasteiger partial charge < -0.3 is 4.18 Å². The largest absolute Gasteiger partial charge is 0.534 e. The number of allylic oxidation sites excluding steroid dienone is 2. The van der Waals surface area contributed by atoms with Crippen LogP contribution in [0.1, 0.15) is 37.8 Å². The van der Waals surface area contributed by atoms with E-state index in [0.717, 1.165) is 24.0 Å². The summed E-state index contributed by atoms with van der Waals surface area (Å²) in [7, 11) is -5.68. The van der Waals surface area contributed by atoms with Crippen LogP contribution in [0, 0.1) is 12.3 Å². The summed E-state index contributed by atoms with van der Waals surface area (Å²) in [6.45, 7) is 5.72.